The molecule has 2 aromatic carbocycles. The number of nitrogens with zero attached hydrogens (tertiary/aromatic N) is 2. The summed E-state index contributed by atoms with van der Waals surface area (Å²) < 4.78 is 0. The Bertz CT molecular complexity index is 912. The molecule has 6 nitrogen and oxygen atoms in total. The van der Waals surface area contributed by atoms with Gasteiger partial charge in [0.2, 0.25) is 11.6 Å². The number of anilines is 2. The molecule has 2 aliphatic rings. The monoisotopic (exact) mass is 363 g/mol. The van der Waals surface area contributed by atoms with E-state index in [1.165, 1.54) is 4.90 Å². The fourth-order valence-electron chi connectivity index (χ4n) is 4.06. The third-order valence-electron chi connectivity index (χ3n) is 5.22. The second kappa shape index (κ2) is 6.54. The highest BCUT2D eigenvalue weighted by Crippen LogP contribution is 2.45. The fourth-order valence-corrected chi connectivity index (χ4v) is 4.06. The Hall–Kier alpha value is -3.15. The maximum Gasteiger partial charge on any atom is 0.271 e. The summed E-state index contributed by atoms with van der Waals surface area (Å²) >= 11 is 0. The minimum Gasteiger partial charge on any atom is -0.322 e. The van der Waals surface area contributed by atoms with E-state index in [0.717, 1.165) is 0 Å². The van der Waals surface area contributed by atoms with Crippen molar-refractivity contribution in [2.75, 3.05) is 16.8 Å². The molecule has 0 bridgehead atoms. The molecular formula is C21H21N3O3. The SMILES string of the molecule is CCCN1C(=O)c2ccccc2N2C(=O)CC[C@]12C(=O)Nc1ccccc1. The normalized spacial score (nSPS) is 21.1. The number of rotatable bonds is 4. The Morgan fingerprint density at radius 1 is 1.07 bits per heavy atom. The van der Waals surface area contributed by atoms with Gasteiger partial charge in [-0.1, -0.05) is 37.3 Å². The first kappa shape index (κ1) is 17.3. The summed E-state index contributed by atoms with van der Waals surface area (Å²) in [6.07, 6.45) is 1.20. The third-order valence-corrected chi connectivity index (χ3v) is 5.22. The van der Waals surface area contributed by atoms with Crippen LogP contribution in [-0.2, 0) is 9.59 Å². The molecule has 3 amide bonds. The number of para-hydroxylation sites is 2. The molecule has 2 aromatic rings. The third kappa shape index (κ3) is 2.51. The van der Waals surface area contributed by atoms with Crippen molar-refractivity contribution in [2.24, 2.45) is 0 Å². The van der Waals surface area contributed by atoms with Crippen LogP contribution < -0.4 is 10.2 Å². The van der Waals surface area contributed by atoms with Crippen LogP contribution >= 0.6 is 0 Å². The average Bonchev–Trinajstić information content (AvgIpc) is 3.04. The Kier molecular flexibility index (Phi) is 4.18. The summed E-state index contributed by atoms with van der Waals surface area (Å²) in [5.41, 5.74) is 0.290. The number of carbonyl (C=O) groups is 3. The van der Waals surface area contributed by atoms with Gasteiger partial charge in [-0.3, -0.25) is 19.3 Å². The van der Waals surface area contributed by atoms with Gasteiger partial charge in [0.25, 0.3) is 11.8 Å². The van der Waals surface area contributed by atoms with Crippen LogP contribution in [0.25, 0.3) is 0 Å². The smallest absolute Gasteiger partial charge is 0.271 e. The molecule has 1 N–H and O–H groups in total. The van der Waals surface area contributed by atoms with Crippen molar-refractivity contribution in [3.63, 3.8) is 0 Å². The Balaban J connectivity index is 1.85. The summed E-state index contributed by atoms with van der Waals surface area (Å²) in [4.78, 5) is 42.6. The van der Waals surface area contributed by atoms with Gasteiger partial charge in [-0.2, -0.15) is 0 Å². The van der Waals surface area contributed by atoms with Gasteiger partial charge in [-0.05, 0) is 30.7 Å². The number of nitrogens with one attached hydrogen (secondary N) is 1. The first-order valence-electron chi connectivity index (χ1n) is 9.20. The van der Waals surface area contributed by atoms with Crippen LogP contribution in [0, 0.1) is 0 Å². The van der Waals surface area contributed by atoms with Crippen LogP contribution in [0.1, 0.15) is 36.5 Å². The number of hydrogen-bond donors (Lipinski definition) is 1. The zero-order valence-corrected chi connectivity index (χ0v) is 15.1. The van der Waals surface area contributed by atoms with E-state index >= 15 is 0 Å². The van der Waals surface area contributed by atoms with Gasteiger partial charge >= 0.3 is 0 Å². The molecule has 0 spiro atoms. The lowest BCUT2D eigenvalue weighted by Crippen LogP contribution is -2.69. The van der Waals surface area contributed by atoms with E-state index in [0.29, 0.717) is 29.9 Å². The first-order chi connectivity index (χ1) is 13.1. The van der Waals surface area contributed by atoms with E-state index in [-0.39, 0.29) is 30.6 Å². The topological polar surface area (TPSA) is 69.7 Å². The van der Waals surface area contributed by atoms with Crippen LogP contribution in [0.15, 0.2) is 54.6 Å². The lowest BCUT2D eigenvalue weighted by atomic mass is 9.95. The molecular weight excluding hydrogens is 342 g/mol. The van der Waals surface area contributed by atoms with Crippen molar-refractivity contribution >= 4 is 29.1 Å². The summed E-state index contributed by atoms with van der Waals surface area (Å²) in [5, 5.41) is 2.91. The zero-order chi connectivity index (χ0) is 19.0. The van der Waals surface area contributed by atoms with Crippen LogP contribution in [0.4, 0.5) is 11.4 Å². The van der Waals surface area contributed by atoms with Crippen LogP contribution in [0.5, 0.6) is 0 Å². The largest absolute Gasteiger partial charge is 0.322 e. The predicted octanol–water partition coefficient (Wildman–Crippen LogP) is 3.01. The molecule has 0 aliphatic carbocycles. The summed E-state index contributed by atoms with van der Waals surface area (Å²) in [6, 6.07) is 16.1. The minimum atomic E-state index is -1.33. The summed E-state index contributed by atoms with van der Waals surface area (Å²) in [5.74, 6) is -0.697. The van der Waals surface area contributed by atoms with E-state index in [9.17, 15) is 14.4 Å². The van der Waals surface area contributed by atoms with Gasteiger partial charge in [0.05, 0.1) is 11.3 Å². The van der Waals surface area contributed by atoms with Gasteiger partial charge in [0.15, 0.2) is 0 Å². The lowest BCUT2D eigenvalue weighted by Gasteiger charge is -2.49. The second-order valence-electron chi connectivity index (χ2n) is 6.84. The first-order valence-corrected chi connectivity index (χ1v) is 9.20. The quantitative estimate of drug-likeness (QED) is 0.908. The Morgan fingerprint density at radius 2 is 1.78 bits per heavy atom. The summed E-state index contributed by atoms with van der Waals surface area (Å²) in [7, 11) is 0. The van der Waals surface area contributed by atoms with Crippen molar-refractivity contribution in [3.05, 3.63) is 60.2 Å². The molecule has 6 heteroatoms. The molecule has 2 aliphatic heterocycles. The van der Waals surface area contributed by atoms with E-state index in [4.69, 9.17) is 0 Å². The standard InChI is InChI=1S/C21H21N3O3/c1-2-14-23-19(26)16-10-6-7-11-17(16)24-18(25)12-13-21(23,24)20(27)22-15-8-4-3-5-9-15/h3-11H,2,12-14H2,1H3,(H,22,27)/t21-/m0/s1. The molecule has 4 rings (SSSR count). The second-order valence-corrected chi connectivity index (χ2v) is 6.84. The average molecular weight is 363 g/mol. The van der Waals surface area contributed by atoms with E-state index in [1.807, 2.05) is 25.1 Å². The molecule has 2 heterocycles. The molecule has 0 saturated carbocycles. The number of fused-ring (bicyclic) bond motifs is 3. The van der Waals surface area contributed by atoms with Gasteiger partial charge in [-0.25, -0.2) is 0 Å². The van der Waals surface area contributed by atoms with Crippen molar-refractivity contribution in [1.29, 1.82) is 0 Å². The maximum atomic E-state index is 13.5. The van der Waals surface area contributed by atoms with E-state index in [2.05, 4.69) is 5.32 Å². The summed E-state index contributed by atoms with van der Waals surface area (Å²) in [6.45, 7) is 2.36. The van der Waals surface area contributed by atoms with Crippen LogP contribution in [0.3, 0.4) is 0 Å². The Labute approximate surface area is 157 Å². The lowest BCUT2D eigenvalue weighted by molar-refractivity contribution is -0.128. The van der Waals surface area contributed by atoms with E-state index in [1.54, 1.807) is 41.3 Å². The number of carbonyl (C=O) groups excluding carboxylic acids is 3. The van der Waals surface area contributed by atoms with Crippen LogP contribution in [-0.4, -0.2) is 34.8 Å². The molecule has 138 valence electrons. The number of hydrogen-bond acceptors (Lipinski definition) is 3. The molecule has 0 radical (unpaired) electrons. The highest BCUT2D eigenvalue weighted by Gasteiger charge is 2.60. The van der Waals surface area contributed by atoms with Gasteiger partial charge < -0.3 is 10.2 Å². The van der Waals surface area contributed by atoms with Crippen LogP contribution in [0.2, 0.25) is 0 Å². The van der Waals surface area contributed by atoms with Gasteiger partial charge in [0.1, 0.15) is 0 Å². The number of amides is 3. The molecule has 0 unspecified atom stereocenters. The molecule has 1 atom stereocenters. The molecule has 0 aromatic heterocycles. The fraction of sp³-hybridized carbons (Fsp3) is 0.286. The maximum absolute atomic E-state index is 13.5. The van der Waals surface area contributed by atoms with Crippen molar-refractivity contribution < 1.29 is 14.4 Å². The molecule has 1 fully saturated rings. The highest BCUT2D eigenvalue weighted by molar-refractivity contribution is 6.18. The molecule has 1 saturated heterocycles. The number of benzene rings is 2. The predicted molar refractivity (Wildman–Crippen MR) is 102 cm³/mol. The van der Waals surface area contributed by atoms with Gasteiger partial charge in [0, 0.05) is 25.1 Å². The van der Waals surface area contributed by atoms with Gasteiger partial charge in [-0.15, -0.1) is 0 Å². The highest BCUT2D eigenvalue weighted by atomic mass is 16.2. The van der Waals surface area contributed by atoms with E-state index < -0.39 is 5.66 Å². The van der Waals surface area contributed by atoms with Crippen molar-refractivity contribution in [1.82, 2.24) is 4.90 Å². The minimum absolute atomic E-state index is 0.140. The zero-order valence-electron chi connectivity index (χ0n) is 15.1. The van der Waals surface area contributed by atoms with Crippen molar-refractivity contribution in [3.8, 4) is 0 Å². The Morgan fingerprint density at radius 3 is 2.52 bits per heavy atom. The molecule has 27 heavy (non-hydrogen) atoms. The van der Waals surface area contributed by atoms with Crippen molar-refractivity contribution in [2.45, 2.75) is 31.8 Å².